The molecule has 0 saturated carbocycles. The first-order valence-corrected chi connectivity index (χ1v) is 9.96. The third-order valence-corrected chi connectivity index (χ3v) is 4.74. The lowest BCUT2D eigenvalue weighted by atomic mass is 10.1. The van der Waals surface area contributed by atoms with E-state index in [9.17, 15) is 4.79 Å². The molecule has 0 fully saturated rings. The Morgan fingerprint density at radius 3 is 2.38 bits per heavy atom. The molecule has 0 bridgehead atoms. The minimum absolute atomic E-state index is 0.0172. The van der Waals surface area contributed by atoms with Crippen LogP contribution in [0.1, 0.15) is 16.4 Å². The standard InChI is InChI=1S/C23H21N3O8/c1-28-17-9-14(10-18(29-2)20(17)30-3)22-25-21(26-34-22)13-6-5-7-15(8-13)32-12-19-24-16(11-33-19)23(27)31-4/h5-11H,12H2,1-4H3. The maximum atomic E-state index is 11.5. The minimum Gasteiger partial charge on any atom is -0.493 e. The van der Waals surface area contributed by atoms with Gasteiger partial charge in [0.25, 0.3) is 5.89 Å². The van der Waals surface area contributed by atoms with Gasteiger partial charge in [-0.25, -0.2) is 9.78 Å². The van der Waals surface area contributed by atoms with Crippen molar-refractivity contribution in [3.8, 4) is 45.8 Å². The first kappa shape index (κ1) is 22.6. The Morgan fingerprint density at radius 1 is 0.941 bits per heavy atom. The summed E-state index contributed by atoms with van der Waals surface area (Å²) in [5, 5.41) is 4.07. The van der Waals surface area contributed by atoms with Crippen molar-refractivity contribution in [3.63, 3.8) is 0 Å². The van der Waals surface area contributed by atoms with Gasteiger partial charge in [-0.3, -0.25) is 0 Å². The van der Waals surface area contributed by atoms with Gasteiger partial charge < -0.3 is 32.6 Å². The average molecular weight is 467 g/mol. The highest BCUT2D eigenvalue weighted by Gasteiger charge is 2.18. The molecule has 2 aromatic heterocycles. The van der Waals surface area contributed by atoms with E-state index in [0.717, 1.165) is 0 Å². The molecule has 0 saturated heterocycles. The Bertz CT molecular complexity index is 1270. The maximum Gasteiger partial charge on any atom is 0.360 e. The van der Waals surface area contributed by atoms with Gasteiger partial charge in [-0.2, -0.15) is 4.98 Å². The highest BCUT2D eigenvalue weighted by Crippen LogP contribution is 2.41. The average Bonchev–Trinajstić information content (AvgIpc) is 3.56. The summed E-state index contributed by atoms with van der Waals surface area (Å²) < 4.78 is 37.1. The molecule has 0 atom stereocenters. The minimum atomic E-state index is -0.586. The Hall–Kier alpha value is -4.54. The number of esters is 1. The van der Waals surface area contributed by atoms with Crippen LogP contribution in [0.2, 0.25) is 0 Å². The highest BCUT2D eigenvalue weighted by atomic mass is 16.5. The smallest absolute Gasteiger partial charge is 0.360 e. The van der Waals surface area contributed by atoms with E-state index in [1.807, 2.05) is 6.07 Å². The Labute approximate surface area is 194 Å². The SMILES string of the molecule is COC(=O)c1coc(COc2cccc(-c3noc(-c4cc(OC)c(OC)c(OC)c4)n3)c2)n1. The van der Waals surface area contributed by atoms with E-state index >= 15 is 0 Å². The van der Waals surface area contributed by atoms with Crippen molar-refractivity contribution in [1.82, 2.24) is 15.1 Å². The Balaban J connectivity index is 1.53. The molecule has 2 aromatic carbocycles. The fraction of sp³-hybridized carbons (Fsp3) is 0.217. The lowest BCUT2D eigenvalue weighted by Crippen LogP contribution is -2.02. The third-order valence-electron chi connectivity index (χ3n) is 4.74. The zero-order chi connectivity index (χ0) is 24.1. The van der Waals surface area contributed by atoms with Gasteiger partial charge in [-0.05, 0) is 24.3 Å². The van der Waals surface area contributed by atoms with E-state index in [1.54, 1.807) is 30.3 Å². The van der Waals surface area contributed by atoms with E-state index in [-0.39, 0.29) is 24.1 Å². The molecule has 11 nitrogen and oxygen atoms in total. The summed E-state index contributed by atoms with van der Waals surface area (Å²) in [5.41, 5.74) is 1.34. The van der Waals surface area contributed by atoms with E-state index in [2.05, 4.69) is 19.9 Å². The normalized spacial score (nSPS) is 10.6. The second-order valence-corrected chi connectivity index (χ2v) is 6.77. The van der Waals surface area contributed by atoms with Crippen LogP contribution in [0.15, 0.2) is 51.6 Å². The van der Waals surface area contributed by atoms with Gasteiger partial charge in [-0.1, -0.05) is 17.3 Å². The molecule has 0 amide bonds. The number of ether oxygens (including phenoxy) is 5. The van der Waals surface area contributed by atoms with Gasteiger partial charge in [0.1, 0.15) is 12.0 Å². The van der Waals surface area contributed by atoms with Gasteiger partial charge >= 0.3 is 5.97 Å². The number of carbonyl (C=O) groups is 1. The number of rotatable bonds is 9. The molecule has 4 rings (SSSR count). The van der Waals surface area contributed by atoms with E-state index in [4.69, 9.17) is 27.9 Å². The summed E-state index contributed by atoms with van der Waals surface area (Å²) in [5.74, 6) is 2.20. The number of methoxy groups -OCH3 is 4. The molecule has 0 aliphatic carbocycles. The molecule has 0 N–H and O–H groups in total. The zero-order valence-corrected chi connectivity index (χ0v) is 18.9. The van der Waals surface area contributed by atoms with Gasteiger partial charge in [0.05, 0.1) is 28.4 Å². The number of benzene rings is 2. The van der Waals surface area contributed by atoms with Gasteiger partial charge in [0, 0.05) is 11.1 Å². The van der Waals surface area contributed by atoms with Gasteiger partial charge in [0.15, 0.2) is 23.8 Å². The van der Waals surface area contributed by atoms with Gasteiger partial charge in [0.2, 0.25) is 17.5 Å². The summed E-state index contributed by atoms with van der Waals surface area (Å²) in [4.78, 5) is 20.0. The number of nitrogens with zero attached hydrogens (tertiary/aromatic N) is 3. The van der Waals surface area contributed by atoms with Gasteiger partial charge in [-0.15, -0.1) is 0 Å². The first-order valence-electron chi connectivity index (χ1n) is 9.96. The summed E-state index contributed by atoms with van der Waals surface area (Å²) in [6.07, 6.45) is 1.21. The van der Waals surface area contributed by atoms with Crippen LogP contribution in [-0.4, -0.2) is 49.5 Å². The summed E-state index contributed by atoms with van der Waals surface area (Å²) in [6.45, 7) is 0.0172. The molecule has 34 heavy (non-hydrogen) atoms. The van der Waals surface area contributed by atoms with Crippen LogP contribution >= 0.6 is 0 Å². The number of oxazole rings is 1. The molecule has 4 aromatic rings. The summed E-state index contributed by atoms with van der Waals surface area (Å²) in [6, 6.07) is 10.5. The largest absolute Gasteiger partial charge is 0.493 e. The molecule has 0 aliphatic heterocycles. The fourth-order valence-corrected chi connectivity index (χ4v) is 3.11. The Morgan fingerprint density at radius 2 is 1.71 bits per heavy atom. The van der Waals surface area contributed by atoms with Crippen molar-refractivity contribution in [2.45, 2.75) is 6.61 Å². The monoisotopic (exact) mass is 467 g/mol. The van der Waals surface area contributed by atoms with Crippen LogP contribution in [0.3, 0.4) is 0 Å². The summed E-state index contributed by atoms with van der Waals surface area (Å²) in [7, 11) is 5.85. The van der Waals surface area contributed by atoms with Crippen LogP contribution in [0, 0.1) is 0 Å². The molecular weight excluding hydrogens is 446 g/mol. The molecule has 0 aliphatic rings. The Kier molecular flexibility index (Phi) is 6.62. The topological polar surface area (TPSA) is 128 Å². The highest BCUT2D eigenvalue weighted by molar-refractivity contribution is 5.86. The second kappa shape index (κ2) is 9.94. The predicted molar refractivity (Wildman–Crippen MR) is 117 cm³/mol. The van der Waals surface area contributed by atoms with Crippen LogP contribution in [0.4, 0.5) is 0 Å². The number of hydrogen-bond acceptors (Lipinski definition) is 11. The zero-order valence-electron chi connectivity index (χ0n) is 18.9. The fourth-order valence-electron chi connectivity index (χ4n) is 3.11. The van der Waals surface area contributed by atoms with E-state index < -0.39 is 5.97 Å². The number of aromatic nitrogens is 3. The lowest BCUT2D eigenvalue weighted by molar-refractivity contribution is 0.0594. The molecular formula is C23H21N3O8. The van der Waals surface area contributed by atoms with Crippen molar-refractivity contribution >= 4 is 5.97 Å². The number of hydrogen-bond donors (Lipinski definition) is 0. The predicted octanol–water partition coefficient (Wildman–Crippen LogP) is 3.78. The molecule has 11 heteroatoms. The lowest BCUT2D eigenvalue weighted by Gasteiger charge is -2.12. The number of carbonyl (C=O) groups excluding carboxylic acids is 1. The molecule has 2 heterocycles. The van der Waals surface area contributed by atoms with Crippen molar-refractivity contribution in [2.75, 3.05) is 28.4 Å². The third kappa shape index (κ3) is 4.63. The van der Waals surface area contributed by atoms with E-state index in [0.29, 0.717) is 39.9 Å². The van der Waals surface area contributed by atoms with Crippen molar-refractivity contribution < 1.29 is 37.4 Å². The van der Waals surface area contributed by atoms with Crippen LogP contribution in [0.5, 0.6) is 23.0 Å². The van der Waals surface area contributed by atoms with Crippen LogP contribution in [0.25, 0.3) is 22.8 Å². The maximum absolute atomic E-state index is 11.5. The van der Waals surface area contributed by atoms with Crippen molar-refractivity contribution in [1.29, 1.82) is 0 Å². The van der Waals surface area contributed by atoms with Crippen LogP contribution < -0.4 is 18.9 Å². The van der Waals surface area contributed by atoms with E-state index in [1.165, 1.54) is 34.7 Å². The molecule has 0 radical (unpaired) electrons. The van der Waals surface area contributed by atoms with Crippen LogP contribution in [-0.2, 0) is 11.3 Å². The van der Waals surface area contributed by atoms with Crippen molar-refractivity contribution in [3.05, 3.63) is 54.2 Å². The molecule has 0 unspecified atom stereocenters. The molecule has 0 spiro atoms. The molecule has 176 valence electrons. The van der Waals surface area contributed by atoms with Crippen molar-refractivity contribution in [2.24, 2.45) is 0 Å². The quantitative estimate of drug-likeness (QED) is 0.333. The first-order chi connectivity index (χ1) is 16.6. The summed E-state index contributed by atoms with van der Waals surface area (Å²) >= 11 is 0. The second-order valence-electron chi connectivity index (χ2n) is 6.77.